The standard InChI is InChI=1S/C11H18N2O/c1-4-9(2)13-7-5-6-10(8-12-3)11(13)14/h5-7,9,12H,4,8H2,1-3H3. The van der Waals surface area contributed by atoms with Crippen LogP contribution in [0.4, 0.5) is 0 Å². The third-order valence-electron chi connectivity index (χ3n) is 2.49. The van der Waals surface area contributed by atoms with Gasteiger partial charge in [-0.2, -0.15) is 0 Å². The highest BCUT2D eigenvalue weighted by Gasteiger charge is 2.06. The Labute approximate surface area is 84.8 Å². The molecule has 1 aromatic rings. The van der Waals surface area contributed by atoms with Crippen molar-refractivity contribution in [1.29, 1.82) is 0 Å². The van der Waals surface area contributed by atoms with Crippen LogP contribution in [0.2, 0.25) is 0 Å². The topological polar surface area (TPSA) is 34.0 Å². The lowest BCUT2D eigenvalue weighted by Gasteiger charge is -2.13. The first-order chi connectivity index (χ1) is 6.70. The molecule has 0 aliphatic rings. The molecule has 0 spiro atoms. The number of pyridine rings is 1. The maximum absolute atomic E-state index is 11.9. The summed E-state index contributed by atoms with van der Waals surface area (Å²) in [6, 6.07) is 4.08. The molecule has 1 N–H and O–H groups in total. The molecule has 1 rings (SSSR count). The van der Waals surface area contributed by atoms with Crippen molar-refractivity contribution in [2.75, 3.05) is 7.05 Å². The van der Waals surface area contributed by atoms with E-state index in [1.165, 1.54) is 0 Å². The van der Waals surface area contributed by atoms with Gasteiger partial charge in [0.1, 0.15) is 0 Å². The third kappa shape index (κ3) is 2.23. The van der Waals surface area contributed by atoms with E-state index >= 15 is 0 Å². The average molecular weight is 194 g/mol. The molecule has 0 aliphatic heterocycles. The molecule has 0 fully saturated rings. The monoisotopic (exact) mass is 194 g/mol. The zero-order valence-electron chi connectivity index (χ0n) is 9.08. The number of aromatic nitrogens is 1. The first-order valence-electron chi connectivity index (χ1n) is 5.05. The van der Waals surface area contributed by atoms with E-state index in [1.54, 1.807) is 4.57 Å². The summed E-state index contributed by atoms with van der Waals surface area (Å²) in [4.78, 5) is 11.9. The molecule has 3 nitrogen and oxygen atoms in total. The fourth-order valence-corrected chi connectivity index (χ4v) is 1.43. The van der Waals surface area contributed by atoms with Crippen LogP contribution in [0.1, 0.15) is 31.9 Å². The lowest BCUT2D eigenvalue weighted by Crippen LogP contribution is -2.27. The summed E-state index contributed by atoms with van der Waals surface area (Å²) in [7, 11) is 1.85. The van der Waals surface area contributed by atoms with Gasteiger partial charge in [0.05, 0.1) is 0 Å². The van der Waals surface area contributed by atoms with Crippen LogP contribution in [0.3, 0.4) is 0 Å². The van der Waals surface area contributed by atoms with Crippen molar-refractivity contribution in [2.24, 2.45) is 0 Å². The molecule has 0 radical (unpaired) electrons. The molecule has 0 amide bonds. The lowest BCUT2D eigenvalue weighted by atomic mass is 10.2. The Morgan fingerprint density at radius 2 is 2.29 bits per heavy atom. The van der Waals surface area contributed by atoms with Gasteiger partial charge in [0, 0.05) is 24.3 Å². The maximum atomic E-state index is 11.9. The summed E-state index contributed by atoms with van der Waals surface area (Å²) >= 11 is 0. The Balaban J connectivity index is 3.07. The molecule has 0 saturated carbocycles. The molecule has 1 heterocycles. The van der Waals surface area contributed by atoms with E-state index in [9.17, 15) is 4.79 Å². The van der Waals surface area contributed by atoms with E-state index in [2.05, 4.69) is 19.2 Å². The highest BCUT2D eigenvalue weighted by molar-refractivity contribution is 5.10. The van der Waals surface area contributed by atoms with Gasteiger partial charge in [-0.25, -0.2) is 0 Å². The number of hydrogen-bond acceptors (Lipinski definition) is 2. The van der Waals surface area contributed by atoms with E-state index < -0.39 is 0 Å². The van der Waals surface area contributed by atoms with E-state index in [0.717, 1.165) is 12.0 Å². The Hall–Kier alpha value is -1.09. The van der Waals surface area contributed by atoms with Gasteiger partial charge in [-0.1, -0.05) is 13.0 Å². The van der Waals surface area contributed by atoms with Crippen LogP contribution in [-0.2, 0) is 6.54 Å². The molecule has 1 unspecified atom stereocenters. The van der Waals surface area contributed by atoms with E-state index in [0.29, 0.717) is 6.54 Å². The van der Waals surface area contributed by atoms with Crippen molar-refractivity contribution >= 4 is 0 Å². The summed E-state index contributed by atoms with van der Waals surface area (Å²) in [5.41, 5.74) is 0.950. The van der Waals surface area contributed by atoms with E-state index in [1.807, 2.05) is 25.4 Å². The van der Waals surface area contributed by atoms with Crippen LogP contribution in [0.5, 0.6) is 0 Å². The maximum Gasteiger partial charge on any atom is 0.255 e. The lowest BCUT2D eigenvalue weighted by molar-refractivity contribution is 0.509. The summed E-state index contributed by atoms with van der Waals surface area (Å²) in [5, 5.41) is 3.00. The van der Waals surface area contributed by atoms with Crippen molar-refractivity contribution in [3.05, 3.63) is 34.2 Å². The first-order valence-corrected chi connectivity index (χ1v) is 5.05. The number of nitrogens with one attached hydrogen (secondary N) is 1. The van der Waals surface area contributed by atoms with Crippen molar-refractivity contribution < 1.29 is 0 Å². The van der Waals surface area contributed by atoms with Crippen LogP contribution in [0.25, 0.3) is 0 Å². The van der Waals surface area contributed by atoms with E-state index in [-0.39, 0.29) is 11.6 Å². The molecule has 0 bridgehead atoms. The highest BCUT2D eigenvalue weighted by atomic mass is 16.1. The fourth-order valence-electron chi connectivity index (χ4n) is 1.43. The predicted octanol–water partition coefficient (Wildman–Crippen LogP) is 1.54. The second-order valence-electron chi connectivity index (χ2n) is 3.53. The van der Waals surface area contributed by atoms with Gasteiger partial charge in [-0.3, -0.25) is 4.79 Å². The summed E-state index contributed by atoms with van der Waals surface area (Å²) in [6.45, 7) is 4.78. The summed E-state index contributed by atoms with van der Waals surface area (Å²) in [6.07, 6.45) is 2.83. The Bertz CT molecular complexity index is 343. The van der Waals surface area contributed by atoms with Gasteiger partial charge >= 0.3 is 0 Å². The quantitative estimate of drug-likeness (QED) is 0.789. The van der Waals surface area contributed by atoms with Crippen LogP contribution >= 0.6 is 0 Å². The van der Waals surface area contributed by atoms with Gasteiger partial charge < -0.3 is 9.88 Å². The van der Waals surface area contributed by atoms with Crippen LogP contribution in [-0.4, -0.2) is 11.6 Å². The molecular weight excluding hydrogens is 176 g/mol. The van der Waals surface area contributed by atoms with Crippen molar-refractivity contribution in [2.45, 2.75) is 32.9 Å². The van der Waals surface area contributed by atoms with Crippen LogP contribution in [0.15, 0.2) is 23.1 Å². The average Bonchev–Trinajstić information content (AvgIpc) is 2.20. The summed E-state index contributed by atoms with van der Waals surface area (Å²) < 4.78 is 1.80. The van der Waals surface area contributed by atoms with Crippen molar-refractivity contribution in [3.63, 3.8) is 0 Å². The Morgan fingerprint density at radius 1 is 1.57 bits per heavy atom. The van der Waals surface area contributed by atoms with Crippen molar-refractivity contribution in [1.82, 2.24) is 9.88 Å². The highest BCUT2D eigenvalue weighted by Crippen LogP contribution is 2.06. The van der Waals surface area contributed by atoms with Crippen LogP contribution < -0.4 is 10.9 Å². The Kier molecular flexibility index (Phi) is 3.89. The second kappa shape index (κ2) is 4.96. The molecular formula is C11H18N2O. The minimum Gasteiger partial charge on any atom is -0.315 e. The smallest absolute Gasteiger partial charge is 0.255 e. The Morgan fingerprint density at radius 3 is 2.86 bits per heavy atom. The van der Waals surface area contributed by atoms with Crippen LogP contribution in [0, 0.1) is 0 Å². The largest absolute Gasteiger partial charge is 0.315 e. The molecule has 1 atom stereocenters. The van der Waals surface area contributed by atoms with Gasteiger partial charge in [-0.05, 0) is 26.5 Å². The zero-order valence-corrected chi connectivity index (χ0v) is 9.08. The predicted molar refractivity (Wildman–Crippen MR) is 58.5 cm³/mol. The minimum atomic E-state index is 0.121. The fraction of sp³-hybridized carbons (Fsp3) is 0.545. The third-order valence-corrected chi connectivity index (χ3v) is 2.49. The zero-order chi connectivity index (χ0) is 10.6. The molecule has 78 valence electrons. The molecule has 1 aromatic heterocycles. The number of rotatable bonds is 4. The van der Waals surface area contributed by atoms with Gasteiger partial charge in [0.25, 0.3) is 5.56 Å². The SMILES string of the molecule is CCC(C)n1cccc(CNC)c1=O. The molecule has 0 saturated heterocycles. The number of hydrogen-bond donors (Lipinski definition) is 1. The minimum absolute atomic E-state index is 0.121. The van der Waals surface area contributed by atoms with Gasteiger partial charge in [0.15, 0.2) is 0 Å². The molecule has 3 heteroatoms. The normalized spacial score (nSPS) is 12.8. The van der Waals surface area contributed by atoms with Crippen molar-refractivity contribution in [3.8, 4) is 0 Å². The van der Waals surface area contributed by atoms with Gasteiger partial charge in [-0.15, -0.1) is 0 Å². The molecule has 0 aliphatic carbocycles. The van der Waals surface area contributed by atoms with Gasteiger partial charge in [0.2, 0.25) is 0 Å². The number of nitrogens with zero attached hydrogens (tertiary/aromatic N) is 1. The second-order valence-corrected chi connectivity index (χ2v) is 3.53. The molecule has 0 aromatic carbocycles. The molecule has 14 heavy (non-hydrogen) atoms. The summed E-state index contributed by atoms with van der Waals surface area (Å²) in [5.74, 6) is 0. The van der Waals surface area contributed by atoms with E-state index in [4.69, 9.17) is 0 Å². The first kappa shape index (κ1) is 11.0.